The van der Waals surface area contributed by atoms with E-state index in [1.54, 1.807) is 4.90 Å². The fourth-order valence-electron chi connectivity index (χ4n) is 4.40. The zero-order valence-corrected chi connectivity index (χ0v) is 18.7. The number of rotatable bonds is 7. The SMILES string of the molecule is CCNC(=O)N1CCCC1c1noc(CCC(=O)N2CCN(Cc3ccccc3)CC2)n1. The Morgan fingerprint density at radius 3 is 2.66 bits per heavy atom. The van der Waals surface area contributed by atoms with Crippen molar-refractivity contribution in [2.45, 2.75) is 45.2 Å². The van der Waals surface area contributed by atoms with Crippen LogP contribution in [0.2, 0.25) is 0 Å². The minimum Gasteiger partial charge on any atom is -0.340 e. The van der Waals surface area contributed by atoms with Crippen LogP contribution in [0.5, 0.6) is 0 Å². The van der Waals surface area contributed by atoms with Gasteiger partial charge in [-0.15, -0.1) is 0 Å². The number of aromatic nitrogens is 2. The second-order valence-corrected chi connectivity index (χ2v) is 8.38. The number of carbonyl (C=O) groups is 2. The number of carbonyl (C=O) groups excluding carboxylic acids is 2. The zero-order valence-electron chi connectivity index (χ0n) is 18.7. The molecule has 1 aromatic carbocycles. The molecule has 1 unspecified atom stereocenters. The maximum absolute atomic E-state index is 12.7. The van der Waals surface area contributed by atoms with E-state index in [2.05, 4.69) is 44.6 Å². The third kappa shape index (κ3) is 5.45. The summed E-state index contributed by atoms with van der Waals surface area (Å²) in [6.45, 7) is 7.33. The molecular formula is C23H32N6O3. The van der Waals surface area contributed by atoms with Gasteiger partial charge in [0.25, 0.3) is 0 Å². The third-order valence-electron chi connectivity index (χ3n) is 6.15. The molecule has 4 rings (SSSR count). The Bertz CT molecular complexity index is 894. The van der Waals surface area contributed by atoms with Gasteiger partial charge in [-0.1, -0.05) is 35.5 Å². The van der Waals surface area contributed by atoms with Gasteiger partial charge in [0.2, 0.25) is 11.8 Å². The second-order valence-electron chi connectivity index (χ2n) is 8.38. The Hall–Kier alpha value is -2.94. The molecule has 1 atom stereocenters. The van der Waals surface area contributed by atoms with E-state index in [-0.39, 0.29) is 18.0 Å². The van der Waals surface area contributed by atoms with Crippen molar-refractivity contribution in [3.8, 4) is 0 Å². The van der Waals surface area contributed by atoms with Gasteiger partial charge in [0.1, 0.15) is 0 Å². The molecule has 1 N–H and O–H groups in total. The van der Waals surface area contributed by atoms with E-state index in [4.69, 9.17) is 4.52 Å². The molecule has 2 aliphatic heterocycles. The molecule has 9 nitrogen and oxygen atoms in total. The van der Waals surface area contributed by atoms with Crippen LogP contribution in [-0.2, 0) is 17.8 Å². The Morgan fingerprint density at radius 2 is 1.91 bits per heavy atom. The summed E-state index contributed by atoms with van der Waals surface area (Å²) in [4.78, 5) is 35.4. The smallest absolute Gasteiger partial charge is 0.318 e. The average Bonchev–Trinajstić information content (AvgIpc) is 3.48. The number of amides is 3. The van der Waals surface area contributed by atoms with Crippen LogP contribution in [0, 0.1) is 0 Å². The maximum atomic E-state index is 12.7. The predicted octanol–water partition coefficient (Wildman–Crippen LogP) is 2.21. The molecule has 0 radical (unpaired) electrons. The lowest BCUT2D eigenvalue weighted by Crippen LogP contribution is -2.48. The van der Waals surface area contributed by atoms with Gasteiger partial charge in [-0.05, 0) is 25.3 Å². The van der Waals surface area contributed by atoms with Crippen LogP contribution in [0.3, 0.4) is 0 Å². The zero-order chi connectivity index (χ0) is 22.3. The molecule has 2 fully saturated rings. The number of hydrogen-bond donors (Lipinski definition) is 1. The monoisotopic (exact) mass is 440 g/mol. The van der Waals surface area contributed by atoms with Crippen LogP contribution in [0.4, 0.5) is 4.79 Å². The van der Waals surface area contributed by atoms with Gasteiger partial charge in [-0.2, -0.15) is 4.98 Å². The lowest BCUT2D eigenvalue weighted by Gasteiger charge is -2.34. The van der Waals surface area contributed by atoms with E-state index < -0.39 is 0 Å². The van der Waals surface area contributed by atoms with Gasteiger partial charge < -0.3 is 19.6 Å². The number of likely N-dealkylation sites (tertiary alicyclic amines) is 1. The van der Waals surface area contributed by atoms with Crippen molar-refractivity contribution in [3.63, 3.8) is 0 Å². The predicted molar refractivity (Wildman–Crippen MR) is 119 cm³/mol. The van der Waals surface area contributed by atoms with Crippen LogP contribution in [-0.4, -0.2) is 76.0 Å². The van der Waals surface area contributed by atoms with Crippen LogP contribution in [0.25, 0.3) is 0 Å². The third-order valence-corrected chi connectivity index (χ3v) is 6.15. The molecule has 0 saturated carbocycles. The first-order valence-corrected chi connectivity index (χ1v) is 11.5. The van der Waals surface area contributed by atoms with Gasteiger partial charge in [-0.3, -0.25) is 9.69 Å². The van der Waals surface area contributed by atoms with E-state index in [0.29, 0.717) is 37.6 Å². The van der Waals surface area contributed by atoms with Crippen molar-refractivity contribution in [1.82, 2.24) is 30.2 Å². The van der Waals surface area contributed by atoms with Crippen molar-refractivity contribution in [3.05, 3.63) is 47.6 Å². The molecule has 3 amide bonds. The quantitative estimate of drug-likeness (QED) is 0.709. The van der Waals surface area contributed by atoms with E-state index in [1.165, 1.54) is 5.56 Å². The van der Waals surface area contributed by atoms with Crippen molar-refractivity contribution in [1.29, 1.82) is 0 Å². The number of hydrogen-bond acceptors (Lipinski definition) is 6. The Kier molecular flexibility index (Phi) is 7.36. The summed E-state index contributed by atoms with van der Waals surface area (Å²) in [5.74, 6) is 1.11. The Labute approximate surface area is 188 Å². The molecule has 0 bridgehead atoms. The number of nitrogens with one attached hydrogen (secondary N) is 1. The fourth-order valence-corrected chi connectivity index (χ4v) is 4.40. The van der Waals surface area contributed by atoms with Crippen LogP contribution in [0.1, 0.15) is 49.5 Å². The van der Waals surface area contributed by atoms with Gasteiger partial charge in [0, 0.05) is 58.7 Å². The summed E-state index contributed by atoms with van der Waals surface area (Å²) >= 11 is 0. The first-order valence-electron chi connectivity index (χ1n) is 11.5. The summed E-state index contributed by atoms with van der Waals surface area (Å²) in [6, 6.07) is 10.2. The van der Waals surface area contributed by atoms with Gasteiger partial charge >= 0.3 is 6.03 Å². The second kappa shape index (κ2) is 10.6. The molecule has 0 aliphatic carbocycles. The molecule has 2 saturated heterocycles. The van der Waals surface area contributed by atoms with E-state index in [9.17, 15) is 9.59 Å². The fraction of sp³-hybridized carbons (Fsp3) is 0.565. The van der Waals surface area contributed by atoms with Gasteiger partial charge in [0.15, 0.2) is 5.82 Å². The van der Waals surface area contributed by atoms with Crippen molar-refractivity contribution < 1.29 is 14.1 Å². The topological polar surface area (TPSA) is 94.8 Å². The maximum Gasteiger partial charge on any atom is 0.318 e. The molecule has 2 aromatic rings. The molecule has 1 aromatic heterocycles. The number of aryl methyl sites for hydroxylation is 1. The normalized spacial score (nSPS) is 19.3. The Balaban J connectivity index is 1.23. The first kappa shape index (κ1) is 22.3. The highest BCUT2D eigenvalue weighted by Crippen LogP contribution is 2.30. The van der Waals surface area contributed by atoms with Crippen molar-refractivity contribution in [2.75, 3.05) is 39.3 Å². The summed E-state index contributed by atoms with van der Waals surface area (Å²) in [5.41, 5.74) is 1.30. The summed E-state index contributed by atoms with van der Waals surface area (Å²) in [7, 11) is 0. The molecule has 3 heterocycles. The van der Waals surface area contributed by atoms with Crippen molar-refractivity contribution in [2.24, 2.45) is 0 Å². The van der Waals surface area contributed by atoms with E-state index in [1.807, 2.05) is 17.9 Å². The summed E-state index contributed by atoms with van der Waals surface area (Å²) in [5, 5.41) is 6.93. The van der Waals surface area contributed by atoms with E-state index in [0.717, 1.165) is 45.6 Å². The Morgan fingerprint density at radius 1 is 1.12 bits per heavy atom. The molecule has 2 aliphatic rings. The van der Waals surface area contributed by atoms with Crippen molar-refractivity contribution >= 4 is 11.9 Å². The van der Waals surface area contributed by atoms with Crippen LogP contribution in [0.15, 0.2) is 34.9 Å². The molecule has 32 heavy (non-hydrogen) atoms. The lowest BCUT2D eigenvalue weighted by molar-refractivity contribution is -0.133. The van der Waals surface area contributed by atoms with E-state index >= 15 is 0 Å². The standard InChI is InChI=1S/C23H32N6O3/c1-2-24-23(31)29-12-6-9-19(29)22-25-20(32-26-22)10-11-21(30)28-15-13-27(14-16-28)17-18-7-4-3-5-8-18/h3-5,7-8,19H,2,6,9-17H2,1H3,(H,24,31). The van der Waals surface area contributed by atoms with Gasteiger partial charge in [0.05, 0.1) is 6.04 Å². The lowest BCUT2D eigenvalue weighted by atomic mass is 10.2. The highest BCUT2D eigenvalue weighted by molar-refractivity contribution is 5.76. The molecular weight excluding hydrogens is 408 g/mol. The number of urea groups is 1. The minimum atomic E-state index is -0.160. The largest absolute Gasteiger partial charge is 0.340 e. The molecule has 0 spiro atoms. The summed E-state index contributed by atoms with van der Waals surface area (Å²) in [6.07, 6.45) is 2.51. The number of benzene rings is 1. The first-order chi connectivity index (χ1) is 15.6. The highest BCUT2D eigenvalue weighted by Gasteiger charge is 2.33. The van der Waals surface area contributed by atoms with Gasteiger partial charge in [-0.25, -0.2) is 4.79 Å². The minimum absolute atomic E-state index is 0.0945. The number of nitrogens with zero attached hydrogens (tertiary/aromatic N) is 5. The molecule has 172 valence electrons. The van der Waals surface area contributed by atoms with Crippen LogP contribution >= 0.6 is 0 Å². The van der Waals surface area contributed by atoms with Crippen LogP contribution < -0.4 is 5.32 Å². The molecule has 9 heteroatoms. The highest BCUT2D eigenvalue weighted by atomic mass is 16.5. The average molecular weight is 441 g/mol. The summed E-state index contributed by atoms with van der Waals surface area (Å²) < 4.78 is 5.39. The number of piperazine rings is 1.